The molecule has 1 unspecified atom stereocenters. The van der Waals surface area contributed by atoms with Gasteiger partial charge in [0.25, 0.3) is 11.8 Å². The van der Waals surface area contributed by atoms with Crippen molar-refractivity contribution in [2.45, 2.75) is 77.3 Å². The Balaban J connectivity index is 1.91. The van der Waals surface area contributed by atoms with Gasteiger partial charge in [-0.2, -0.15) is 0 Å². The van der Waals surface area contributed by atoms with E-state index in [-0.39, 0.29) is 23.1 Å². The number of carbonyl (C=O) groups excluding carboxylic acids is 2. The highest BCUT2D eigenvalue weighted by atomic mass is 16.2. The predicted octanol–water partition coefficient (Wildman–Crippen LogP) is 3.30. The zero-order chi connectivity index (χ0) is 23.5. The Hall–Kier alpha value is -2.15. The maximum Gasteiger partial charge on any atom is 0.259 e. The smallest absolute Gasteiger partial charge is 0.259 e. The number of carbonyl (C=O) groups is 2. The van der Waals surface area contributed by atoms with Crippen LogP contribution < -0.4 is 10.7 Å². The molecule has 1 aliphatic heterocycles. The molecule has 32 heavy (non-hydrogen) atoms. The van der Waals surface area contributed by atoms with Crippen molar-refractivity contribution in [2.75, 3.05) is 33.7 Å². The lowest BCUT2D eigenvalue weighted by atomic mass is 9.94. The van der Waals surface area contributed by atoms with Crippen LogP contribution in [-0.2, 0) is 0 Å². The highest BCUT2D eigenvalue weighted by Gasteiger charge is 2.27. The number of aromatic nitrogens is 1. The molecule has 7 nitrogen and oxygen atoms in total. The second-order valence-electron chi connectivity index (χ2n) is 10.8. The van der Waals surface area contributed by atoms with Crippen LogP contribution >= 0.6 is 0 Å². The summed E-state index contributed by atoms with van der Waals surface area (Å²) in [6.45, 7) is 8.31. The molecule has 1 aliphatic carbocycles. The van der Waals surface area contributed by atoms with Crippen molar-refractivity contribution in [3.63, 3.8) is 0 Å². The van der Waals surface area contributed by atoms with Crippen LogP contribution in [0, 0.1) is 5.92 Å². The highest BCUT2D eigenvalue weighted by Crippen LogP contribution is 2.28. The van der Waals surface area contributed by atoms with E-state index >= 15 is 0 Å². The molecule has 2 fully saturated rings. The van der Waals surface area contributed by atoms with Gasteiger partial charge in [-0.05, 0) is 66.0 Å². The van der Waals surface area contributed by atoms with Gasteiger partial charge in [0.15, 0.2) is 0 Å². The molecule has 1 saturated carbocycles. The molecule has 1 atom stereocenters. The van der Waals surface area contributed by atoms with Gasteiger partial charge in [-0.1, -0.05) is 19.3 Å². The van der Waals surface area contributed by atoms with Crippen LogP contribution in [0.25, 0.3) is 0 Å². The average Bonchev–Trinajstić information content (AvgIpc) is 2.72. The molecule has 178 valence electrons. The molecule has 0 radical (unpaired) electrons. The van der Waals surface area contributed by atoms with Gasteiger partial charge in [-0.25, -0.2) is 0 Å². The molecule has 3 rings (SSSR count). The quantitative estimate of drug-likeness (QED) is 0.756. The summed E-state index contributed by atoms with van der Waals surface area (Å²) >= 11 is 0. The first kappa shape index (κ1) is 24.5. The predicted molar refractivity (Wildman–Crippen MR) is 127 cm³/mol. The Bertz CT molecular complexity index is 880. The summed E-state index contributed by atoms with van der Waals surface area (Å²) in [7, 11) is 3.87. The zero-order valence-electron chi connectivity index (χ0n) is 20.4. The van der Waals surface area contributed by atoms with Gasteiger partial charge < -0.3 is 19.7 Å². The Labute approximate surface area is 192 Å². The van der Waals surface area contributed by atoms with Crippen molar-refractivity contribution in [2.24, 2.45) is 5.92 Å². The van der Waals surface area contributed by atoms with Gasteiger partial charge in [-0.15, -0.1) is 0 Å². The van der Waals surface area contributed by atoms with Crippen LogP contribution in [0.5, 0.6) is 0 Å². The van der Waals surface area contributed by atoms with Crippen molar-refractivity contribution in [1.82, 2.24) is 19.7 Å². The molecule has 2 amide bonds. The minimum Gasteiger partial charge on any atom is -0.349 e. The summed E-state index contributed by atoms with van der Waals surface area (Å²) < 4.78 is 1.95. The monoisotopic (exact) mass is 444 g/mol. The maximum atomic E-state index is 13.4. The summed E-state index contributed by atoms with van der Waals surface area (Å²) in [5.41, 5.74) is -0.786. The van der Waals surface area contributed by atoms with E-state index < -0.39 is 16.9 Å². The van der Waals surface area contributed by atoms with Crippen molar-refractivity contribution in [1.29, 1.82) is 0 Å². The number of hydrogen-bond donors (Lipinski definition) is 1. The van der Waals surface area contributed by atoms with Crippen LogP contribution in [-0.4, -0.2) is 65.4 Å². The largest absolute Gasteiger partial charge is 0.349 e. The molecular weight excluding hydrogens is 404 g/mol. The van der Waals surface area contributed by atoms with Crippen LogP contribution in [0.2, 0.25) is 0 Å². The van der Waals surface area contributed by atoms with Crippen LogP contribution in [0.15, 0.2) is 17.2 Å². The standard InChI is InChI=1S/C25H40N4O3/c1-25(2,3)26-23(31)20-16-29(19-11-7-6-8-12-19)17-21(22(20)30)24(32)28(5)15-18-10-9-13-27(4)14-18/h16-19H,6-15H2,1-5H3,(H,26,31). The highest BCUT2D eigenvalue weighted by molar-refractivity contribution is 5.99. The Kier molecular flexibility index (Phi) is 7.80. The van der Waals surface area contributed by atoms with Crippen molar-refractivity contribution in [3.8, 4) is 0 Å². The lowest BCUT2D eigenvalue weighted by Gasteiger charge is -2.32. The van der Waals surface area contributed by atoms with Gasteiger partial charge in [0, 0.05) is 44.1 Å². The van der Waals surface area contributed by atoms with E-state index in [2.05, 4.69) is 17.3 Å². The third kappa shape index (κ3) is 6.21. The molecule has 0 spiro atoms. The number of rotatable bonds is 5. The summed E-state index contributed by atoms with van der Waals surface area (Å²) in [4.78, 5) is 43.6. The lowest BCUT2D eigenvalue weighted by Crippen LogP contribution is -2.44. The average molecular weight is 445 g/mol. The summed E-state index contributed by atoms with van der Waals surface area (Å²) in [6, 6.07) is 0.217. The first-order valence-electron chi connectivity index (χ1n) is 12.1. The maximum absolute atomic E-state index is 13.4. The van der Waals surface area contributed by atoms with E-state index in [0.717, 1.165) is 51.6 Å². The molecule has 1 N–H and O–H groups in total. The summed E-state index contributed by atoms with van der Waals surface area (Å²) in [5, 5.41) is 2.89. The van der Waals surface area contributed by atoms with Gasteiger partial charge in [-0.3, -0.25) is 14.4 Å². The molecule has 2 heterocycles. The fraction of sp³-hybridized carbons (Fsp3) is 0.720. The molecule has 0 aromatic carbocycles. The molecule has 1 saturated heterocycles. The summed E-state index contributed by atoms with van der Waals surface area (Å²) in [6.07, 6.45) is 11.0. The van der Waals surface area contributed by atoms with E-state index in [1.165, 1.54) is 6.42 Å². The molecule has 1 aromatic heterocycles. The number of amides is 2. The fourth-order valence-corrected chi connectivity index (χ4v) is 5.01. The number of piperidine rings is 1. The third-order valence-electron chi connectivity index (χ3n) is 6.61. The zero-order valence-corrected chi connectivity index (χ0v) is 20.4. The molecule has 7 heteroatoms. The summed E-state index contributed by atoms with van der Waals surface area (Å²) in [5.74, 6) is -0.313. The van der Waals surface area contributed by atoms with Gasteiger partial charge >= 0.3 is 0 Å². The molecule has 0 bridgehead atoms. The van der Waals surface area contributed by atoms with E-state index in [1.54, 1.807) is 24.3 Å². The Morgan fingerprint density at radius 1 is 1.06 bits per heavy atom. The van der Waals surface area contributed by atoms with Gasteiger partial charge in [0.05, 0.1) is 0 Å². The van der Waals surface area contributed by atoms with E-state index in [0.29, 0.717) is 12.5 Å². The van der Waals surface area contributed by atoms with Gasteiger partial charge in [0.2, 0.25) is 5.43 Å². The fourth-order valence-electron chi connectivity index (χ4n) is 5.01. The van der Waals surface area contributed by atoms with Crippen molar-refractivity contribution in [3.05, 3.63) is 33.7 Å². The van der Waals surface area contributed by atoms with E-state index in [4.69, 9.17) is 0 Å². The van der Waals surface area contributed by atoms with E-state index in [9.17, 15) is 14.4 Å². The number of hydrogen-bond acceptors (Lipinski definition) is 4. The Morgan fingerprint density at radius 3 is 2.34 bits per heavy atom. The van der Waals surface area contributed by atoms with Gasteiger partial charge in [0.1, 0.15) is 11.1 Å². The minimum atomic E-state index is -0.476. The van der Waals surface area contributed by atoms with E-state index in [1.807, 2.05) is 25.3 Å². The van der Waals surface area contributed by atoms with Crippen LogP contribution in [0.1, 0.15) is 92.5 Å². The second-order valence-corrected chi connectivity index (χ2v) is 10.8. The number of pyridine rings is 1. The first-order chi connectivity index (χ1) is 15.0. The third-order valence-corrected chi connectivity index (χ3v) is 6.61. The van der Waals surface area contributed by atoms with Crippen molar-refractivity contribution >= 4 is 11.8 Å². The number of likely N-dealkylation sites (tertiary alicyclic amines) is 1. The number of nitrogens with zero attached hydrogens (tertiary/aromatic N) is 3. The van der Waals surface area contributed by atoms with Crippen LogP contribution in [0.4, 0.5) is 0 Å². The SMILES string of the molecule is CN1CCCC(CN(C)C(=O)c2cn(C3CCCCC3)cc(C(=O)NC(C)(C)C)c2=O)C1. The van der Waals surface area contributed by atoms with Crippen LogP contribution in [0.3, 0.4) is 0 Å². The Morgan fingerprint density at radius 2 is 1.72 bits per heavy atom. The normalized spacial score (nSPS) is 20.7. The molecule has 1 aromatic rings. The second kappa shape index (κ2) is 10.2. The first-order valence-corrected chi connectivity index (χ1v) is 12.1. The van der Waals surface area contributed by atoms with Crippen molar-refractivity contribution < 1.29 is 9.59 Å². The topological polar surface area (TPSA) is 74.7 Å². The number of nitrogens with one attached hydrogen (secondary N) is 1. The minimum absolute atomic E-state index is 0.0575. The molecular formula is C25H40N4O3. The lowest BCUT2D eigenvalue weighted by molar-refractivity contribution is 0.0738. The molecule has 2 aliphatic rings.